The summed E-state index contributed by atoms with van der Waals surface area (Å²) in [6.07, 6.45) is 3.10. The molecular weight excluding hydrogens is 252 g/mol. The molecule has 4 heteroatoms. The highest BCUT2D eigenvalue weighted by atomic mass is 16.2. The first-order valence-corrected chi connectivity index (χ1v) is 7.21. The van der Waals surface area contributed by atoms with Gasteiger partial charge in [-0.25, -0.2) is 0 Å². The lowest BCUT2D eigenvalue weighted by atomic mass is 9.75. The van der Waals surface area contributed by atoms with Gasteiger partial charge in [0, 0.05) is 5.54 Å². The fourth-order valence-corrected chi connectivity index (χ4v) is 3.31. The predicted octanol–water partition coefficient (Wildman–Crippen LogP) is 2.02. The van der Waals surface area contributed by atoms with Gasteiger partial charge in [-0.05, 0) is 38.7 Å². The van der Waals surface area contributed by atoms with Crippen LogP contribution in [0.1, 0.15) is 44.7 Å². The third-order valence-corrected chi connectivity index (χ3v) is 4.68. The molecule has 3 rings (SSSR count). The Morgan fingerprint density at radius 3 is 2.40 bits per heavy atom. The number of piperazine rings is 1. The molecule has 1 aliphatic carbocycles. The van der Waals surface area contributed by atoms with E-state index in [1.165, 1.54) is 0 Å². The number of carbonyl (C=O) groups excluding carboxylic acids is 2. The van der Waals surface area contributed by atoms with Crippen LogP contribution in [0, 0.1) is 0 Å². The summed E-state index contributed by atoms with van der Waals surface area (Å²) in [5.74, 6) is -0.0444. The molecule has 1 aliphatic heterocycles. The van der Waals surface area contributed by atoms with Crippen molar-refractivity contribution in [2.75, 3.05) is 0 Å². The molecule has 2 aliphatic rings. The standard InChI is InChI=1S/C16H20N2O2/c1-11-14(19)17-13(12-7-4-3-5-8-12)15(20)18(11)16(2)9-6-10-16/h3-5,7-8,11,13H,6,9-10H2,1-2H3,(H,17,19). The van der Waals surface area contributed by atoms with Gasteiger partial charge < -0.3 is 10.2 Å². The lowest BCUT2D eigenvalue weighted by Gasteiger charge is -2.53. The first-order chi connectivity index (χ1) is 9.53. The zero-order valence-electron chi connectivity index (χ0n) is 11.9. The lowest BCUT2D eigenvalue weighted by Crippen LogP contribution is -2.67. The maximum Gasteiger partial charge on any atom is 0.250 e. The highest BCUT2D eigenvalue weighted by Crippen LogP contribution is 2.41. The highest BCUT2D eigenvalue weighted by Gasteiger charge is 2.49. The minimum Gasteiger partial charge on any atom is -0.339 e. The van der Waals surface area contributed by atoms with Gasteiger partial charge in [0.1, 0.15) is 12.1 Å². The number of nitrogens with one attached hydrogen (secondary N) is 1. The lowest BCUT2D eigenvalue weighted by molar-refractivity contribution is -0.160. The van der Waals surface area contributed by atoms with Crippen molar-refractivity contribution in [2.45, 2.75) is 50.7 Å². The van der Waals surface area contributed by atoms with Gasteiger partial charge in [-0.3, -0.25) is 9.59 Å². The van der Waals surface area contributed by atoms with Crippen molar-refractivity contribution < 1.29 is 9.59 Å². The van der Waals surface area contributed by atoms with Gasteiger partial charge in [0.25, 0.3) is 5.91 Å². The Morgan fingerprint density at radius 1 is 1.20 bits per heavy atom. The number of benzene rings is 1. The predicted molar refractivity (Wildman–Crippen MR) is 75.9 cm³/mol. The largest absolute Gasteiger partial charge is 0.339 e. The monoisotopic (exact) mass is 272 g/mol. The minimum absolute atomic E-state index is 0.0190. The first kappa shape index (κ1) is 13.2. The molecular formula is C16H20N2O2. The molecule has 20 heavy (non-hydrogen) atoms. The van der Waals surface area contributed by atoms with Crippen molar-refractivity contribution in [1.82, 2.24) is 10.2 Å². The number of carbonyl (C=O) groups is 2. The Labute approximate surface area is 119 Å². The summed E-state index contributed by atoms with van der Waals surface area (Å²) in [6, 6.07) is 8.54. The molecule has 0 aromatic heterocycles. The van der Waals surface area contributed by atoms with E-state index in [0.717, 1.165) is 24.8 Å². The summed E-state index contributed by atoms with van der Waals surface area (Å²) in [5.41, 5.74) is 0.701. The molecule has 2 amide bonds. The van der Waals surface area contributed by atoms with Crippen LogP contribution in [0.4, 0.5) is 0 Å². The van der Waals surface area contributed by atoms with E-state index in [1.807, 2.05) is 42.2 Å². The first-order valence-electron chi connectivity index (χ1n) is 7.21. The Hall–Kier alpha value is -1.84. The smallest absolute Gasteiger partial charge is 0.250 e. The molecule has 1 saturated heterocycles. The SMILES string of the molecule is CC1C(=O)NC(c2ccccc2)C(=O)N1C1(C)CCC1. The Bertz CT molecular complexity index is 537. The molecule has 0 spiro atoms. The molecule has 2 atom stereocenters. The quantitative estimate of drug-likeness (QED) is 0.895. The van der Waals surface area contributed by atoms with Crippen LogP contribution in [-0.4, -0.2) is 28.3 Å². The molecule has 1 heterocycles. The van der Waals surface area contributed by atoms with Crippen molar-refractivity contribution in [2.24, 2.45) is 0 Å². The van der Waals surface area contributed by atoms with Gasteiger partial charge in [-0.15, -0.1) is 0 Å². The molecule has 106 valence electrons. The van der Waals surface area contributed by atoms with E-state index in [9.17, 15) is 9.59 Å². The molecule has 4 nitrogen and oxygen atoms in total. The van der Waals surface area contributed by atoms with Crippen LogP contribution in [0.2, 0.25) is 0 Å². The summed E-state index contributed by atoms with van der Waals surface area (Å²) >= 11 is 0. The van der Waals surface area contributed by atoms with E-state index in [0.29, 0.717) is 0 Å². The third-order valence-electron chi connectivity index (χ3n) is 4.68. The van der Waals surface area contributed by atoms with Crippen molar-refractivity contribution >= 4 is 11.8 Å². The van der Waals surface area contributed by atoms with Crippen LogP contribution in [0.15, 0.2) is 30.3 Å². The summed E-state index contributed by atoms with van der Waals surface area (Å²) < 4.78 is 0. The van der Waals surface area contributed by atoms with E-state index in [1.54, 1.807) is 0 Å². The molecule has 2 fully saturated rings. The van der Waals surface area contributed by atoms with Crippen LogP contribution in [0.3, 0.4) is 0 Å². The summed E-state index contributed by atoms with van der Waals surface area (Å²) in [7, 11) is 0. The van der Waals surface area contributed by atoms with Crippen LogP contribution in [0.25, 0.3) is 0 Å². The average Bonchev–Trinajstić information content (AvgIpc) is 2.42. The topological polar surface area (TPSA) is 49.4 Å². The van der Waals surface area contributed by atoms with Gasteiger partial charge in [-0.2, -0.15) is 0 Å². The van der Waals surface area contributed by atoms with E-state index in [2.05, 4.69) is 12.2 Å². The number of amides is 2. The number of hydrogen-bond donors (Lipinski definition) is 1. The maximum atomic E-state index is 12.8. The average molecular weight is 272 g/mol. The Balaban J connectivity index is 1.94. The van der Waals surface area contributed by atoms with Gasteiger partial charge in [0.2, 0.25) is 5.91 Å². The number of hydrogen-bond acceptors (Lipinski definition) is 2. The van der Waals surface area contributed by atoms with E-state index in [-0.39, 0.29) is 23.4 Å². The fourth-order valence-electron chi connectivity index (χ4n) is 3.31. The van der Waals surface area contributed by atoms with E-state index in [4.69, 9.17) is 0 Å². The Morgan fingerprint density at radius 2 is 1.85 bits per heavy atom. The van der Waals surface area contributed by atoms with Crippen LogP contribution < -0.4 is 5.32 Å². The summed E-state index contributed by atoms with van der Waals surface area (Å²) in [5, 5.41) is 2.85. The molecule has 1 N–H and O–H groups in total. The van der Waals surface area contributed by atoms with E-state index >= 15 is 0 Å². The van der Waals surface area contributed by atoms with Crippen LogP contribution >= 0.6 is 0 Å². The highest BCUT2D eigenvalue weighted by molar-refractivity contribution is 5.97. The summed E-state index contributed by atoms with van der Waals surface area (Å²) in [4.78, 5) is 26.9. The third kappa shape index (κ3) is 1.90. The van der Waals surface area contributed by atoms with Crippen molar-refractivity contribution in [3.8, 4) is 0 Å². The second-order valence-corrected chi connectivity index (χ2v) is 6.09. The van der Waals surface area contributed by atoms with Crippen LogP contribution in [-0.2, 0) is 9.59 Å². The molecule has 0 radical (unpaired) electrons. The summed E-state index contributed by atoms with van der Waals surface area (Å²) in [6.45, 7) is 3.91. The van der Waals surface area contributed by atoms with Crippen molar-refractivity contribution in [3.63, 3.8) is 0 Å². The second-order valence-electron chi connectivity index (χ2n) is 6.09. The normalized spacial score (nSPS) is 28.8. The number of nitrogens with zero attached hydrogens (tertiary/aromatic N) is 1. The second kappa shape index (κ2) is 4.62. The molecule has 1 aromatic carbocycles. The molecule has 1 aromatic rings. The maximum absolute atomic E-state index is 12.8. The molecule has 2 unspecified atom stereocenters. The fraction of sp³-hybridized carbons (Fsp3) is 0.500. The van der Waals surface area contributed by atoms with Gasteiger partial charge in [-0.1, -0.05) is 30.3 Å². The zero-order chi connectivity index (χ0) is 14.3. The number of rotatable bonds is 2. The minimum atomic E-state index is -0.544. The van der Waals surface area contributed by atoms with E-state index < -0.39 is 6.04 Å². The van der Waals surface area contributed by atoms with Gasteiger partial charge >= 0.3 is 0 Å². The van der Waals surface area contributed by atoms with Crippen molar-refractivity contribution in [3.05, 3.63) is 35.9 Å². The van der Waals surface area contributed by atoms with Crippen molar-refractivity contribution in [1.29, 1.82) is 0 Å². The zero-order valence-corrected chi connectivity index (χ0v) is 11.9. The molecule has 1 saturated carbocycles. The van der Waals surface area contributed by atoms with Crippen LogP contribution in [0.5, 0.6) is 0 Å². The molecule has 0 bridgehead atoms. The van der Waals surface area contributed by atoms with Gasteiger partial charge in [0.15, 0.2) is 0 Å². The Kier molecular flexibility index (Phi) is 3.04. The van der Waals surface area contributed by atoms with Gasteiger partial charge in [0.05, 0.1) is 0 Å².